The molecule has 5 heteroatoms. The number of nitrogens with one attached hydrogen (secondary N) is 1. The van der Waals surface area contributed by atoms with E-state index in [0.717, 1.165) is 19.4 Å². The Hall–Kier alpha value is -1.10. The van der Waals surface area contributed by atoms with Gasteiger partial charge >= 0.3 is 5.97 Å². The van der Waals surface area contributed by atoms with Gasteiger partial charge in [-0.05, 0) is 32.1 Å². The second-order valence-corrected chi connectivity index (χ2v) is 4.93. The van der Waals surface area contributed by atoms with Crippen LogP contribution in [0, 0.1) is 11.8 Å². The van der Waals surface area contributed by atoms with Crippen molar-refractivity contribution < 1.29 is 19.4 Å². The molecule has 0 radical (unpaired) electrons. The second-order valence-electron chi connectivity index (χ2n) is 4.93. The number of carbonyl (C=O) groups excluding carboxylic acids is 1. The average molecular weight is 241 g/mol. The molecular weight excluding hydrogens is 222 g/mol. The van der Waals surface area contributed by atoms with Crippen LogP contribution in [0.15, 0.2) is 0 Å². The lowest BCUT2D eigenvalue weighted by Gasteiger charge is -2.14. The molecule has 1 amide bonds. The van der Waals surface area contributed by atoms with Gasteiger partial charge in [-0.3, -0.25) is 9.59 Å². The van der Waals surface area contributed by atoms with Crippen LogP contribution in [0.5, 0.6) is 0 Å². The minimum atomic E-state index is -0.778. The van der Waals surface area contributed by atoms with Crippen LogP contribution in [0.4, 0.5) is 0 Å². The molecule has 2 aliphatic rings. The first-order chi connectivity index (χ1) is 8.16. The largest absolute Gasteiger partial charge is 0.481 e. The molecule has 0 aromatic rings. The Kier molecular flexibility index (Phi) is 3.99. The third-order valence-electron chi connectivity index (χ3n) is 3.68. The van der Waals surface area contributed by atoms with Crippen LogP contribution in [0.2, 0.25) is 0 Å². The van der Waals surface area contributed by atoms with Gasteiger partial charge in [-0.25, -0.2) is 0 Å². The summed E-state index contributed by atoms with van der Waals surface area (Å²) in [5, 5.41) is 11.7. The van der Waals surface area contributed by atoms with Crippen LogP contribution in [0.25, 0.3) is 0 Å². The summed E-state index contributed by atoms with van der Waals surface area (Å²) in [5.41, 5.74) is 0. The van der Waals surface area contributed by atoms with Crippen molar-refractivity contribution in [1.82, 2.24) is 5.32 Å². The summed E-state index contributed by atoms with van der Waals surface area (Å²) in [6.45, 7) is 1.35. The third kappa shape index (κ3) is 3.19. The van der Waals surface area contributed by atoms with Gasteiger partial charge in [0.2, 0.25) is 5.91 Å². The highest BCUT2D eigenvalue weighted by Crippen LogP contribution is 2.31. The summed E-state index contributed by atoms with van der Waals surface area (Å²) in [4.78, 5) is 22.6. The Morgan fingerprint density at radius 3 is 2.59 bits per heavy atom. The van der Waals surface area contributed by atoms with E-state index in [-0.39, 0.29) is 23.8 Å². The minimum absolute atomic E-state index is 0.00995. The van der Waals surface area contributed by atoms with Crippen molar-refractivity contribution in [1.29, 1.82) is 0 Å². The highest BCUT2D eigenvalue weighted by molar-refractivity contribution is 5.80. The van der Waals surface area contributed by atoms with Crippen molar-refractivity contribution in [2.75, 3.05) is 13.2 Å². The zero-order valence-electron chi connectivity index (χ0n) is 9.85. The molecule has 2 N–H and O–H groups in total. The Labute approximate surface area is 101 Å². The SMILES string of the molecule is O=C(O)C1CCC(C(=O)NCC2CCCO2)C1. The number of ether oxygens (including phenoxy) is 1. The summed E-state index contributed by atoms with van der Waals surface area (Å²) in [6.07, 6.45) is 4.00. The van der Waals surface area contributed by atoms with Crippen LogP contribution in [-0.4, -0.2) is 36.2 Å². The Balaban J connectivity index is 1.71. The van der Waals surface area contributed by atoms with Gasteiger partial charge < -0.3 is 15.2 Å². The summed E-state index contributed by atoms with van der Waals surface area (Å²) < 4.78 is 5.42. The molecule has 96 valence electrons. The topological polar surface area (TPSA) is 75.6 Å². The van der Waals surface area contributed by atoms with Crippen LogP contribution < -0.4 is 5.32 Å². The number of carboxylic acid groups (broad SMARTS) is 1. The number of hydrogen-bond donors (Lipinski definition) is 2. The first-order valence-corrected chi connectivity index (χ1v) is 6.29. The molecule has 0 aromatic carbocycles. The first-order valence-electron chi connectivity index (χ1n) is 6.29. The molecule has 3 unspecified atom stereocenters. The van der Waals surface area contributed by atoms with Gasteiger partial charge in [0, 0.05) is 19.1 Å². The molecule has 0 aromatic heterocycles. The zero-order chi connectivity index (χ0) is 12.3. The van der Waals surface area contributed by atoms with Crippen molar-refractivity contribution in [3.05, 3.63) is 0 Å². The predicted molar refractivity (Wildman–Crippen MR) is 60.5 cm³/mol. The molecule has 1 aliphatic carbocycles. The van der Waals surface area contributed by atoms with Crippen LogP contribution in [0.1, 0.15) is 32.1 Å². The maximum Gasteiger partial charge on any atom is 0.306 e. The van der Waals surface area contributed by atoms with Gasteiger partial charge in [0.05, 0.1) is 12.0 Å². The van der Waals surface area contributed by atoms with Gasteiger partial charge in [-0.15, -0.1) is 0 Å². The van der Waals surface area contributed by atoms with Crippen molar-refractivity contribution in [3.8, 4) is 0 Å². The number of rotatable bonds is 4. The standard InChI is InChI=1S/C12H19NO4/c14-11(13-7-10-2-1-5-17-10)8-3-4-9(6-8)12(15)16/h8-10H,1-7H2,(H,13,14)(H,15,16). The molecule has 0 spiro atoms. The number of aliphatic carboxylic acids is 1. The quantitative estimate of drug-likeness (QED) is 0.762. The number of carbonyl (C=O) groups is 2. The van der Waals surface area contributed by atoms with E-state index in [1.807, 2.05) is 0 Å². The lowest BCUT2D eigenvalue weighted by Crippen LogP contribution is -2.35. The summed E-state index contributed by atoms with van der Waals surface area (Å²) in [7, 11) is 0. The zero-order valence-corrected chi connectivity index (χ0v) is 9.85. The van der Waals surface area contributed by atoms with E-state index in [1.54, 1.807) is 0 Å². The fraction of sp³-hybridized carbons (Fsp3) is 0.833. The van der Waals surface area contributed by atoms with Crippen molar-refractivity contribution >= 4 is 11.9 Å². The maximum atomic E-state index is 11.8. The molecule has 17 heavy (non-hydrogen) atoms. The molecule has 1 heterocycles. The second kappa shape index (κ2) is 5.49. The van der Waals surface area contributed by atoms with Gasteiger partial charge in [0.15, 0.2) is 0 Å². The lowest BCUT2D eigenvalue weighted by molar-refractivity contribution is -0.141. The predicted octanol–water partition coefficient (Wildman–Crippen LogP) is 0.782. The van der Waals surface area contributed by atoms with Gasteiger partial charge in [0.1, 0.15) is 0 Å². The van der Waals surface area contributed by atoms with Gasteiger partial charge in [0.25, 0.3) is 0 Å². The third-order valence-corrected chi connectivity index (χ3v) is 3.68. The number of hydrogen-bond acceptors (Lipinski definition) is 3. The van der Waals surface area contributed by atoms with E-state index < -0.39 is 5.97 Å². The molecule has 2 rings (SSSR count). The number of amides is 1. The van der Waals surface area contributed by atoms with Gasteiger partial charge in [-0.1, -0.05) is 0 Å². The Morgan fingerprint density at radius 1 is 1.24 bits per heavy atom. The van der Waals surface area contributed by atoms with E-state index >= 15 is 0 Å². The molecule has 2 fully saturated rings. The molecule has 1 saturated carbocycles. The molecule has 1 saturated heterocycles. The molecule has 0 bridgehead atoms. The lowest BCUT2D eigenvalue weighted by atomic mass is 10.0. The van der Waals surface area contributed by atoms with E-state index in [9.17, 15) is 9.59 Å². The summed E-state index contributed by atoms with van der Waals surface area (Å²) in [6, 6.07) is 0. The average Bonchev–Trinajstić information content (AvgIpc) is 2.96. The summed E-state index contributed by atoms with van der Waals surface area (Å²) >= 11 is 0. The fourth-order valence-electron chi connectivity index (χ4n) is 2.61. The first kappa shape index (κ1) is 12.4. The van der Waals surface area contributed by atoms with E-state index in [0.29, 0.717) is 25.8 Å². The van der Waals surface area contributed by atoms with Crippen LogP contribution >= 0.6 is 0 Å². The maximum absolute atomic E-state index is 11.8. The van der Waals surface area contributed by atoms with Crippen molar-refractivity contribution in [3.63, 3.8) is 0 Å². The van der Waals surface area contributed by atoms with E-state index in [4.69, 9.17) is 9.84 Å². The van der Waals surface area contributed by atoms with E-state index in [1.165, 1.54) is 0 Å². The molecule has 1 aliphatic heterocycles. The minimum Gasteiger partial charge on any atom is -0.481 e. The van der Waals surface area contributed by atoms with Crippen molar-refractivity contribution in [2.45, 2.75) is 38.2 Å². The molecular formula is C12H19NO4. The monoisotopic (exact) mass is 241 g/mol. The highest BCUT2D eigenvalue weighted by Gasteiger charge is 2.33. The smallest absolute Gasteiger partial charge is 0.306 e. The normalized spacial score (nSPS) is 32.6. The molecule has 3 atom stereocenters. The van der Waals surface area contributed by atoms with Crippen LogP contribution in [-0.2, 0) is 14.3 Å². The van der Waals surface area contributed by atoms with Crippen molar-refractivity contribution in [2.24, 2.45) is 11.8 Å². The van der Waals surface area contributed by atoms with Crippen LogP contribution in [0.3, 0.4) is 0 Å². The molecule has 5 nitrogen and oxygen atoms in total. The highest BCUT2D eigenvalue weighted by atomic mass is 16.5. The fourth-order valence-corrected chi connectivity index (χ4v) is 2.61. The number of carboxylic acids is 1. The van der Waals surface area contributed by atoms with E-state index in [2.05, 4.69) is 5.32 Å². The Bertz CT molecular complexity index is 299. The van der Waals surface area contributed by atoms with Gasteiger partial charge in [-0.2, -0.15) is 0 Å². The Morgan fingerprint density at radius 2 is 2.00 bits per heavy atom. The summed E-state index contributed by atoms with van der Waals surface area (Å²) in [5.74, 6) is -1.25.